The Balaban J connectivity index is 2.04. The number of aliphatic hydroxyl groups excluding tert-OH is 1. The maximum absolute atomic E-state index is 10.3. The average Bonchev–Trinajstić information content (AvgIpc) is 2.47. The number of pyridine rings is 1. The molecular weight excluding hydrogens is 222 g/mol. The molecule has 1 N–H and O–H groups in total. The monoisotopic (exact) mass is 235 g/mol. The van der Waals surface area contributed by atoms with Gasteiger partial charge in [0.2, 0.25) is 0 Å². The standard InChI is InChI=1S/C16H13NO/c18-16(12-5-2-1-3-6-12)14-8-9-15-13(11-14)7-4-10-17-15/h1-11,16,18H. The van der Waals surface area contributed by atoms with E-state index >= 15 is 0 Å². The Kier molecular flexibility index (Phi) is 2.79. The molecule has 0 spiro atoms. The van der Waals surface area contributed by atoms with Gasteiger partial charge in [-0.3, -0.25) is 4.98 Å². The quantitative estimate of drug-likeness (QED) is 0.739. The Labute approximate surface area is 106 Å². The van der Waals surface area contributed by atoms with Crippen molar-refractivity contribution >= 4 is 10.9 Å². The van der Waals surface area contributed by atoms with Crippen molar-refractivity contribution in [3.63, 3.8) is 0 Å². The van der Waals surface area contributed by atoms with Crippen molar-refractivity contribution in [1.29, 1.82) is 0 Å². The minimum absolute atomic E-state index is 0.587. The molecule has 2 nitrogen and oxygen atoms in total. The van der Waals surface area contributed by atoms with Gasteiger partial charge in [0.25, 0.3) is 0 Å². The predicted octanol–water partition coefficient (Wildman–Crippen LogP) is 3.32. The summed E-state index contributed by atoms with van der Waals surface area (Å²) in [6.45, 7) is 0. The molecule has 0 aliphatic heterocycles. The van der Waals surface area contributed by atoms with Crippen molar-refractivity contribution < 1.29 is 5.11 Å². The van der Waals surface area contributed by atoms with Gasteiger partial charge in [-0.1, -0.05) is 42.5 Å². The van der Waals surface area contributed by atoms with E-state index in [-0.39, 0.29) is 0 Å². The molecule has 0 bridgehead atoms. The molecule has 1 atom stereocenters. The van der Waals surface area contributed by atoms with Crippen molar-refractivity contribution in [3.05, 3.63) is 78.0 Å². The summed E-state index contributed by atoms with van der Waals surface area (Å²) < 4.78 is 0. The summed E-state index contributed by atoms with van der Waals surface area (Å²) in [4.78, 5) is 4.27. The molecule has 1 aromatic heterocycles. The highest BCUT2D eigenvalue weighted by molar-refractivity contribution is 5.79. The molecule has 0 radical (unpaired) electrons. The Bertz CT molecular complexity index is 664. The molecule has 0 amide bonds. The van der Waals surface area contributed by atoms with E-state index in [9.17, 15) is 5.11 Å². The van der Waals surface area contributed by atoms with E-state index in [4.69, 9.17) is 0 Å². The summed E-state index contributed by atoms with van der Waals surface area (Å²) in [5, 5.41) is 11.4. The lowest BCUT2D eigenvalue weighted by Crippen LogP contribution is -1.99. The minimum atomic E-state index is -0.587. The molecule has 2 heteroatoms. The fraction of sp³-hybridized carbons (Fsp3) is 0.0625. The van der Waals surface area contributed by atoms with Crippen LogP contribution in [-0.2, 0) is 0 Å². The maximum atomic E-state index is 10.3. The van der Waals surface area contributed by atoms with Crippen LogP contribution in [0.15, 0.2) is 66.9 Å². The third kappa shape index (κ3) is 1.98. The Morgan fingerprint density at radius 3 is 2.50 bits per heavy atom. The van der Waals surface area contributed by atoms with Crippen molar-refractivity contribution in [2.45, 2.75) is 6.10 Å². The van der Waals surface area contributed by atoms with E-state index in [1.165, 1.54) is 0 Å². The van der Waals surface area contributed by atoms with Crippen molar-refractivity contribution in [1.82, 2.24) is 4.98 Å². The van der Waals surface area contributed by atoms with E-state index in [2.05, 4.69) is 4.98 Å². The van der Waals surface area contributed by atoms with Gasteiger partial charge in [0.15, 0.2) is 0 Å². The second-order valence-corrected chi connectivity index (χ2v) is 4.27. The van der Waals surface area contributed by atoms with Crippen LogP contribution in [-0.4, -0.2) is 10.1 Å². The molecule has 2 aromatic carbocycles. The summed E-state index contributed by atoms with van der Waals surface area (Å²) in [6, 6.07) is 19.4. The number of aliphatic hydroxyl groups is 1. The van der Waals surface area contributed by atoms with E-state index in [1.54, 1.807) is 6.20 Å². The molecule has 0 aliphatic carbocycles. The number of fused-ring (bicyclic) bond motifs is 1. The van der Waals surface area contributed by atoms with Crippen LogP contribution in [0.2, 0.25) is 0 Å². The van der Waals surface area contributed by atoms with Gasteiger partial charge in [-0.15, -0.1) is 0 Å². The minimum Gasteiger partial charge on any atom is -0.384 e. The van der Waals surface area contributed by atoms with Crippen molar-refractivity contribution in [2.75, 3.05) is 0 Å². The first kappa shape index (κ1) is 10.9. The van der Waals surface area contributed by atoms with Gasteiger partial charge in [0, 0.05) is 11.6 Å². The molecular formula is C16H13NO. The molecule has 1 unspecified atom stereocenters. The lowest BCUT2D eigenvalue weighted by Gasteiger charge is -2.11. The van der Waals surface area contributed by atoms with Gasteiger partial charge >= 0.3 is 0 Å². The number of rotatable bonds is 2. The second kappa shape index (κ2) is 4.59. The van der Waals surface area contributed by atoms with Gasteiger partial charge in [-0.05, 0) is 29.3 Å². The van der Waals surface area contributed by atoms with Crippen LogP contribution in [0.4, 0.5) is 0 Å². The summed E-state index contributed by atoms with van der Waals surface area (Å²) in [6.07, 6.45) is 1.19. The van der Waals surface area contributed by atoms with E-state index in [0.717, 1.165) is 22.0 Å². The Hall–Kier alpha value is -2.19. The number of nitrogens with zero attached hydrogens (tertiary/aromatic N) is 1. The highest BCUT2D eigenvalue weighted by Gasteiger charge is 2.10. The van der Waals surface area contributed by atoms with Crippen LogP contribution in [0.1, 0.15) is 17.2 Å². The largest absolute Gasteiger partial charge is 0.384 e. The van der Waals surface area contributed by atoms with Crippen LogP contribution in [0.5, 0.6) is 0 Å². The first-order chi connectivity index (χ1) is 8.84. The highest BCUT2D eigenvalue weighted by atomic mass is 16.3. The van der Waals surface area contributed by atoms with Crippen LogP contribution in [0, 0.1) is 0 Å². The molecule has 1 heterocycles. The van der Waals surface area contributed by atoms with Crippen LogP contribution in [0.25, 0.3) is 10.9 Å². The summed E-state index contributed by atoms with van der Waals surface area (Å²) in [5.74, 6) is 0. The molecule has 0 saturated heterocycles. The number of aromatic nitrogens is 1. The first-order valence-corrected chi connectivity index (χ1v) is 5.92. The third-order valence-corrected chi connectivity index (χ3v) is 3.06. The first-order valence-electron chi connectivity index (χ1n) is 5.92. The summed E-state index contributed by atoms with van der Waals surface area (Å²) in [7, 11) is 0. The van der Waals surface area contributed by atoms with Crippen molar-refractivity contribution in [3.8, 4) is 0 Å². The normalized spacial score (nSPS) is 12.5. The fourth-order valence-corrected chi connectivity index (χ4v) is 2.09. The van der Waals surface area contributed by atoms with Crippen LogP contribution in [0.3, 0.4) is 0 Å². The average molecular weight is 235 g/mol. The van der Waals surface area contributed by atoms with Gasteiger partial charge < -0.3 is 5.11 Å². The molecule has 18 heavy (non-hydrogen) atoms. The van der Waals surface area contributed by atoms with E-state index in [1.807, 2.05) is 60.7 Å². The molecule has 3 rings (SSSR count). The summed E-state index contributed by atoms with van der Waals surface area (Å²) >= 11 is 0. The lowest BCUT2D eigenvalue weighted by atomic mass is 10.00. The fourth-order valence-electron chi connectivity index (χ4n) is 2.09. The molecule has 0 aliphatic rings. The summed E-state index contributed by atoms with van der Waals surface area (Å²) in [5.41, 5.74) is 2.74. The van der Waals surface area contributed by atoms with E-state index in [0.29, 0.717) is 0 Å². The zero-order valence-corrected chi connectivity index (χ0v) is 9.82. The molecule has 88 valence electrons. The van der Waals surface area contributed by atoms with Gasteiger partial charge in [0.1, 0.15) is 6.10 Å². The third-order valence-electron chi connectivity index (χ3n) is 3.06. The highest BCUT2D eigenvalue weighted by Crippen LogP contribution is 2.24. The number of hydrogen-bond acceptors (Lipinski definition) is 2. The maximum Gasteiger partial charge on any atom is 0.104 e. The molecule has 3 aromatic rings. The number of benzene rings is 2. The lowest BCUT2D eigenvalue weighted by molar-refractivity contribution is 0.220. The van der Waals surface area contributed by atoms with Gasteiger partial charge in [0.05, 0.1) is 5.52 Å². The van der Waals surface area contributed by atoms with Crippen molar-refractivity contribution in [2.24, 2.45) is 0 Å². The zero-order valence-electron chi connectivity index (χ0n) is 9.82. The topological polar surface area (TPSA) is 33.1 Å². The Morgan fingerprint density at radius 2 is 1.67 bits per heavy atom. The van der Waals surface area contributed by atoms with Crippen LogP contribution < -0.4 is 0 Å². The molecule has 0 saturated carbocycles. The Morgan fingerprint density at radius 1 is 0.833 bits per heavy atom. The van der Waals surface area contributed by atoms with Gasteiger partial charge in [-0.25, -0.2) is 0 Å². The van der Waals surface area contributed by atoms with Gasteiger partial charge in [-0.2, -0.15) is 0 Å². The predicted molar refractivity (Wildman–Crippen MR) is 72.2 cm³/mol. The smallest absolute Gasteiger partial charge is 0.104 e. The number of hydrogen-bond donors (Lipinski definition) is 1. The second-order valence-electron chi connectivity index (χ2n) is 4.27. The zero-order chi connectivity index (χ0) is 12.4. The molecule has 0 fully saturated rings. The SMILES string of the molecule is OC(c1ccccc1)c1ccc2ncccc2c1. The van der Waals surface area contributed by atoms with Crippen LogP contribution >= 0.6 is 0 Å². The van der Waals surface area contributed by atoms with E-state index < -0.39 is 6.10 Å².